The van der Waals surface area contributed by atoms with E-state index >= 15 is 0 Å². The quantitative estimate of drug-likeness (QED) is 0.272. The van der Waals surface area contributed by atoms with Gasteiger partial charge in [0.25, 0.3) is 0 Å². The molecule has 0 saturated carbocycles. The van der Waals surface area contributed by atoms with Crippen molar-refractivity contribution in [1.29, 1.82) is 0 Å². The van der Waals surface area contributed by atoms with Crippen LogP contribution in [0.5, 0.6) is 0 Å². The maximum Gasteiger partial charge on any atom is 0.527 e. The summed E-state index contributed by atoms with van der Waals surface area (Å²) in [6.45, 7) is -0.943. The van der Waals surface area contributed by atoms with Crippen LogP contribution in [0.1, 0.15) is 0 Å². The molecule has 0 aliphatic rings. The molecule has 9 nitrogen and oxygen atoms in total. The Kier molecular flexibility index (Phi) is 5.32. The van der Waals surface area contributed by atoms with Gasteiger partial charge in [0, 0.05) is 0 Å². The van der Waals surface area contributed by atoms with Gasteiger partial charge in [0.15, 0.2) is 6.10 Å². The van der Waals surface area contributed by atoms with E-state index in [2.05, 4.69) is 4.52 Å². The molecule has 0 spiro atoms. The maximum atomic E-state index is 10.7. The van der Waals surface area contributed by atoms with E-state index in [1.807, 2.05) is 0 Å². The second-order valence-electron chi connectivity index (χ2n) is 2.59. The molecular weight excluding hydrogens is 235 g/mol. The van der Waals surface area contributed by atoms with Gasteiger partial charge in [-0.25, -0.2) is 9.36 Å². The summed E-state index contributed by atoms with van der Waals surface area (Å²) in [5.74, 6) is -1.80. The molecule has 3 atom stereocenters. The highest BCUT2D eigenvalue weighted by Crippen LogP contribution is 2.36. The van der Waals surface area contributed by atoms with Crippen molar-refractivity contribution in [2.24, 2.45) is 0 Å². The van der Waals surface area contributed by atoms with Crippen LogP contribution in [-0.2, 0) is 13.9 Å². The highest BCUT2D eigenvalue weighted by molar-refractivity contribution is 7.46. The molecule has 90 valence electrons. The molecule has 0 unspecified atom stereocenters. The summed E-state index contributed by atoms with van der Waals surface area (Å²) in [5, 5.41) is 35.0. The summed E-state index contributed by atoms with van der Waals surface area (Å²) >= 11 is 0. The van der Waals surface area contributed by atoms with E-state index in [0.717, 1.165) is 0 Å². The van der Waals surface area contributed by atoms with Crippen LogP contribution in [0.2, 0.25) is 0 Å². The Labute approximate surface area is 83.8 Å². The largest absolute Gasteiger partial charge is 0.527 e. The average molecular weight is 246 g/mol. The number of carbonyl (C=O) groups excluding carboxylic acids is 1. The number of hydrogen-bond donors (Lipinski definition) is 6. The smallest absolute Gasteiger partial charge is 0.394 e. The van der Waals surface area contributed by atoms with E-state index in [9.17, 15) is 9.36 Å². The van der Waals surface area contributed by atoms with Crippen molar-refractivity contribution >= 4 is 13.8 Å². The van der Waals surface area contributed by atoms with Gasteiger partial charge in [-0.15, -0.1) is 0 Å². The Hall–Kier alpha value is -0.540. The molecule has 0 aromatic heterocycles. The first-order chi connectivity index (χ1) is 6.69. The third-order valence-electron chi connectivity index (χ3n) is 1.36. The molecule has 6 N–H and O–H groups in total. The molecule has 0 amide bonds. The number of rotatable bonds is 5. The first-order valence-corrected chi connectivity index (χ1v) is 5.16. The number of phosphoric ester groups is 1. The van der Waals surface area contributed by atoms with E-state index in [1.165, 1.54) is 0 Å². The van der Waals surface area contributed by atoms with Crippen LogP contribution in [0, 0.1) is 0 Å². The molecule has 0 saturated heterocycles. The Balaban J connectivity index is 4.38. The molecule has 0 radical (unpaired) electrons. The van der Waals surface area contributed by atoms with Gasteiger partial charge in [-0.3, -0.25) is 9.79 Å². The minimum absolute atomic E-state index is 0.943. The zero-order chi connectivity index (χ0) is 12.2. The predicted molar refractivity (Wildman–Crippen MR) is 43.2 cm³/mol. The fourth-order valence-electron chi connectivity index (χ4n) is 0.629. The lowest BCUT2D eigenvalue weighted by Gasteiger charge is -2.19. The van der Waals surface area contributed by atoms with Crippen LogP contribution in [0.25, 0.3) is 0 Å². The van der Waals surface area contributed by atoms with Gasteiger partial charge >= 0.3 is 13.8 Å². The SMILES string of the molecule is O=C(OP(=O)(O)O)[C@H](O)[C@@H](O)[C@@H](O)CO. The highest BCUT2D eigenvalue weighted by atomic mass is 31.2. The van der Waals surface area contributed by atoms with Gasteiger partial charge in [-0.1, -0.05) is 0 Å². The minimum atomic E-state index is -5.12. The molecule has 10 heteroatoms. The second-order valence-corrected chi connectivity index (χ2v) is 3.75. The molecule has 0 heterocycles. The Morgan fingerprint density at radius 2 is 1.73 bits per heavy atom. The number of hydrogen-bond acceptors (Lipinski definition) is 7. The van der Waals surface area contributed by atoms with Crippen LogP contribution >= 0.6 is 7.82 Å². The molecule has 0 aliphatic heterocycles. The van der Waals surface area contributed by atoms with E-state index in [4.69, 9.17) is 30.2 Å². The summed E-state index contributed by atoms with van der Waals surface area (Å²) in [6, 6.07) is 0. The third-order valence-corrected chi connectivity index (χ3v) is 1.77. The Morgan fingerprint density at radius 3 is 2.07 bits per heavy atom. The zero-order valence-corrected chi connectivity index (χ0v) is 8.19. The molecule has 0 aromatic rings. The monoisotopic (exact) mass is 246 g/mol. The summed E-state index contributed by atoms with van der Waals surface area (Å²) < 4.78 is 13.6. The highest BCUT2D eigenvalue weighted by Gasteiger charge is 2.34. The van der Waals surface area contributed by atoms with Crippen molar-refractivity contribution in [1.82, 2.24) is 0 Å². The van der Waals surface area contributed by atoms with E-state index in [-0.39, 0.29) is 0 Å². The Bertz CT molecular complexity index is 259. The first kappa shape index (κ1) is 14.5. The van der Waals surface area contributed by atoms with Gasteiger partial charge in [0.1, 0.15) is 12.2 Å². The first-order valence-electron chi connectivity index (χ1n) is 3.63. The number of aliphatic hydroxyl groups is 4. The zero-order valence-electron chi connectivity index (χ0n) is 7.29. The van der Waals surface area contributed by atoms with Gasteiger partial charge in [0.05, 0.1) is 6.61 Å². The molecule has 0 bridgehead atoms. The summed E-state index contributed by atoms with van der Waals surface area (Å²) in [4.78, 5) is 27.1. The van der Waals surface area contributed by atoms with E-state index in [0.29, 0.717) is 0 Å². The van der Waals surface area contributed by atoms with Crippen LogP contribution < -0.4 is 0 Å². The van der Waals surface area contributed by atoms with Crippen LogP contribution in [0.4, 0.5) is 0 Å². The van der Waals surface area contributed by atoms with Crippen LogP contribution in [0.15, 0.2) is 0 Å². The average Bonchev–Trinajstić information content (AvgIpc) is 2.11. The van der Waals surface area contributed by atoms with Crippen molar-refractivity contribution in [3.05, 3.63) is 0 Å². The second kappa shape index (κ2) is 5.52. The van der Waals surface area contributed by atoms with Crippen molar-refractivity contribution in [2.45, 2.75) is 18.3 Å². The predicted octanol–water partition coefficient (Wildman–Crippen LogP) is -3.30. The number of aliphatic hydroxyl groups excluding tert-OH is 4. The molecule has 15 heavy (non-hydrogen) atoms. The van der Waals surface area contributed by atoms with Gasteiger partial charge in [-0.05, 0) is 0 Å². The van der Waals surface area contributed by atoms with Crippen LogP contribution in [0.3, 0.4) is 0 Å². The fourth-order valence-corrected chi connectivity index (χ4v) is 0.971. The van der Waals surface area contributed by atoms with Crippen molar-refractivity contribution in [2.75, 3.05) is 6.61 Å². The molecular formula is C5H11O9P. The normalized spacial score (nSPS) is 18.0. The maximum absolute atomic E-state index is 10.7. The summed E-state index contributed by atoms with van der Waals surface area (Å²) in [5.41, 5.74) is 0. The third kappa shape index (κ3) is 5.19. The van der Waals surface area contributed by atoms with Gasteiger partial charge in [0.2, 0.25) is 0 Å². The lowest BCUT2D eigenvalue weighted by molar-refractivity contribution is -0.157. The summed E-state index contributed by atoms with van der Waals surface area (Å²) in [6.07, 6.45) is -6.29. The van der Waals surface area contributed by atoms with Crippen LogP contribution in [-0.4, -0.2) is 61.1 Å². The lowest BCUT2D eigenvalue weighted by Crippen LogP contribution is -2.44. The van der Waals surface area contributed by atoms with Gasteiger partial charge in [-0.2, -0.15) is 0 Å². The molecule has 0 aromatic carbocycles. The van der Waals surface area contributed by atoms with Crippen molar-refractivity contribution in [3.8, 4) is 0 Å². The molecule has 0 fully saturated rings. The summed E-state index contributed by atoms with van der Waals surface area (Å²) in [7, 11) is -5.12. The lowest BCUT2D eigenvalue weighted by atomic mass is 10.1. The van der Waals surface area contributed by atoms with Crippen molar-refractivity contribution in [3.63, 3.8) is 0 Å². The number of carbonyl (C=O) groups is 1. The fraction of sp³-hybridized carbons (Fsp3) is 0.800. The van der Waals surface area contributed by atoms with E-state index in [1.54, 1.807) is 0 Å². The molecule has 0 aliphatic carbocycles. The minimum Gasteiger partial charge on any atom is -0.394 e. The van der Waals surface area contributed by atoms with E-state index < -0.39 is 38.7 Å². The topological polar surface area (TPSA) is 165 Å². The standard InChI is InChI=1S/C5H11O9P/c6-1-2(7)3(8)4(9)5(10)14-15(11,12)13/h2-4,6-9H,1H2,(H2,11,12,13)/t2-,3-,4+/m0/s1. The van der Waals surface area contributed by atoms with Crippen molar-refractivity contribution < 1.29 is 44.1 Å². The number of phosphoric acid groups is 1. The molecule has 0 rings (SSSR count). The Morgan fingerprint density at radius 1 is 1.27 bits per heavy atom. The van der Waals surface area contributed by atoms with Gasteiger partial charge < -0.3 is 24.9 Å².